The monoisotopic (exact) mass is 181 g/mol. The molecule has 0 N–H and O–H groups in total. The topological polar surface area (TPSA) is 0 Å². The second kappa shape index (κ2) is 3.19. The number of rotatable bonds is 1. The summed E-state index contributed by atoms with van der Waals surface area (Å²) >= 11 is 1.59. The van der Waals surface area contributed by atoms with E-state index in [0.717, 1.165) is 0 Å². The summed E-state index contributed by atoms with van der Waals surface area (Å²) in [6.45, 7) is 0. The predicted octanol–water partition coefficient (Wildman–Crippen LogP) is 1.73. The van der Waals surface area contributed by atoms with Crippen molar-refractivity contribution in [3.8, 4) is 0 Å². The van der Waals surface area contributed by atoms with Crippen molar-refractivity contribution in [3.05, 3.63) is 35.9 Å². The zero-order chi connectivity index (χ0) is 5.82. The maximum absolute atomic E-state index is 2.16. The van der Waals surface area contributed by atoms with Gasteiger partial charge in [-0.2, -0.15) is 0 Å². The Balaban J connectivity index is 2.83. The fourth-order valence-corrected chi connectivity index (χ4v) is 1.18. The molecule has 1 aromatic rings. The van der Waals surface area contributed by atoms with Crippen molar-refractivity contribution in [1.29, 1.82) is 0 Å². The average Bonchev–Trinajstić information content (AvgIpc) is 1.90. The van der Waals surface area contributed by atoms with Crippen LogP contribution < -0.4 is 0 Å². The van der Waals surface area contributed by atoms with E-state index in [4.69, 9.17) is 0 Å². The molecule has 0 bridgehead atoms. The standard InChI is InChI=1S/C7H7.Zr/c1-7-5-3-2-4-6-7;/h2-6H,1H2;. The molecule has 0 radical (unpaired) electrons. The van der Waals surface area contributed by atoms with E-state index in [0.29, 0.717) is 0 Å². The molecule has 1 aromatic carbocycles. The molecule has 0 saturated heterocycles. The van der Waals surface area contributed by atoms with Crippen LogP contribution in [0.3, 0.4) is 0 Å². The van der Waals surface area contributed by atoms with Crippen LogP contribution in [0.4, 0.5) is 0 Å². The van der Waals surface area contributed by atoms with Gasteiger partial charge in [-0.15, -0.1) is 0 Å². The summed E-state index contributed by atoms with van der Waals surface area (Å²) < 4.78 is 1.23. The Hall–Kier alpha value is 0.103. The van der Waals surface area contributed by atoms with E-state index in [1.165, 1.54) is 9.69 Å². The quantitative estimate of drug-likeness (QED) is 0.620. The third-order valence-electron chi connectivity index (χ3n) is 1.05. The van der Waals surface area contributed by atoms with Crippen molar-refractivity contribution < 1.29 is 24.7 Å². The Labute approximate surface area is 64.8 Å². The van der Waals surface area contributed by atoms with Crippen LogP contribution in [0, 0.1) is 0 Å². The van der Waals surface area contributed by atoms with Gasteiger partial charge in [0.05, 0.1) is 0 Å². The molecule has 0 heterocycles. The van der Waals surface area contributed by atoms with Crippen LogP contribution >= 0.6 is 0 Å². The van der Waals surface area contributed by atoms with Crippen LogP contribution in [0.5, 0.6) is 0 Å². The molecule has 0 aliphatic rings. The van der Waals surface area contributed by atoms with Crippen LogP contribution in [-0.4, -0.2) is 0 Å². The zero-order valence-corrected chi connectivity index (χ0v) is 7.05. The maximum atomic E-state index is 2.16. The van der Waals surface area contributed by atoms with E-state index in [-0.39, 0.29) is 0 Å². The van der Waals surface area contributed by atoms with Gasteiger partial charge in [0.25, 0.3) is 0 Å². The van der Waals surface area contributed by atoms with E-state index >= 15 is 0 Å². The Morgan fingerprint density at radius 2 is 1.75 bits per heavy atom. The van der Waals surface area contributed by atoms with Gasteiger partial charge in [0.1, 0.15) is 0 Å². The molecule has 0 unspecified atom stereocenters. The fourth-order valence-electron chi connectivity index (χ4n) is 0.596. The molecule has 8 heavy (non-hydrogen) atoms. The minimum atomic E-state index is 1.23. The third kappa shape index (κ3) is 1.56. The summed E-state index contributed by atoms with van der Waals surface area (Å²) in [6, 6.07) is 10.5. The Bertz CT molecular complexity index is 146. The summed E-state index contributed by atoms with van der Waals surface area (Å²) in [6.07, 6.45) is 0. The normalized spacial score (nSPS) is 8.88. The second-order valence-electron chi connectivity index (χ2n) is 1.66. The molecule has 0 aromatic heterocycles. The van der Waals surface area contributed by atoms with E-state index in [2.05, 4.69) is 30.3 Å². The van der Waals surface area contributed by atoms with Gasteiger partial charge in [0, 0.05) is 0 Å². The first-order chi connectivity index (χ1) is 3.93. The van der Waals surface area contributed by atoms with Crippen molar-refractivity contribution in [2.45, 2.75) is 4.13 Å². The van der Waals surface area contributed by atoms with E-state index in [1.54, 1.807) is 24.7 Å². The van der Waals surface area contributed by atoms with Crippen LogP contribution in [0.2, 0.25) is 0 Å². The van der Waals surface area contributed by atoms with Crippen molar-refractivity contribution in [2.24, 2.45) is 0 Å². The number of hydrogen-bond donors (Lipinski definition) is 0. The molecule has 0 saturated carbocycles. The molecule has 0 fully saturated rings. The van der Waals surface area contributed by atoms with Crippen LogP contribution in [0.15, 0.2) is 30.3 Å². The van der Waals surface area contributed by atoms with Gasteiger partial charge in [0.15, 0.2) is 0 Å². The predicted molar refractivity (Wildman–Crippen MR) is 30.1 cm³/mol. The molecule has 1 rings (SSSR count). The molecule has 1 heteroatoms. The van der Waals surface area contributed by atoms with E-state index in [9.17, 15) is 0 Å². The molecule has 0 nitrogen and oxygen atoms in total. The summed E-state index contributed by atoms with van der Waals surface area (Å²) in [5.41, 5.74) is 1.45. The third-order valence-corrected chi connectivity index (χ3v) is 2.05. The van der Waals surface area contributed by atoms with Gasteiger partial charge in [-0.05, 0) is 0 Å². The fraction of sp³-hybridized carbons (Fsp3) is 0.143. The number of benzene rings is 1. The van der Waals surface area contributed by atoms with Gasteiger partial charge in [-0.3, -0.25) is 0 Å². The van der Waals surface area contributed by atoms with Crippen molar-refractivity contribution in [2.75, 3.05) is 0 Å². The van der Waals surface area contributed by atoms with E-state index in [1.807, 2.05) is 0 Å². The average molecular weight is 182 g/mol. The molecule has 0 amide bonds. The van der Waals surface area contributed by atoms with Crippen molar-refractivity contribution >= 4 is 0 Å². The molecule has 0 aliphatic heterocycles. The SMILES string of the molecule is [Zr][CH2]c1ccccc1. The van der Waals surface area contributed by atoms with Crippen molar-refractivity contribution in [1.82, 2.24) is 0 Å². The molecule has 0 spiro atoms. The van der Waals surface area contributed by atoms with Gasteiger partial charge in [-0.1, -0.05) is 0 Å². The number of hydrogen-bond acceptors (Lipinski definition) is 0. The Morgan fingerprint density at radius 1 is 1.12 bits per heavy atom. The summed E-state index contributed by atoms with van der Waals surface area (Å²) in [5, 5.41) is 0. The van der Waals surface area contributed by atoms with E-state index < -0.39 is 0 Å². The van der Waals surface area contributed by atoms with Gasteiger partial charge in [0.2, 0.25) is 0 Å². The summed E-state index contributed by atoms with van der Waals surface area (Å²) in [5.74, 6) is 0. The Kier molecular flexibility index (Phi) is 2.49. The first-order valence-corrected chi connectivity index (χ1v) is 4.36. The second-order valence-corrected chi connectivity index (χ2v) is 2.53. The minimum absolute atomic E-state index is 1.23. The molecular weight excluding hydrogens is 175 g/mol. The van der Waals surface area contributed by atoms with Crippen LogP contribution in [0.1, 0.15) is 5.56 Å². The van der Waals surface area contributed by atoms with Crippen LogP contribution in [0.25, 0.3) is 0 Å². The van der Waals surface area contributed by atoms with Crippen molar-refractivity contribution in [3.63, 3.8) is 0 Å². The zero-order valence-electron chi connectivity index (χ0n) is 4.59. The summed E-state index contributed by atoms with van der Waals surface area (Å²) in [4.78, 5) is 0. The van der Waals surface area contributed by atoms with Gasteiger partial charge >= 0.3 is 64.7 Å². The first-order valence-electron chi connectivity index (χ1n) is 2.62. The Morgan fingerprint density at radius 3 is 2.12 bits per heavy atom. The molecule has 39 valence electrons. The van der Waals surface area contributed by atoms with Gasteiger partial charge in [-0.25, -0.2) is 0 Å². The first kappa shape index (κ1) is 6.23. The summed E-state index contributed by atoms with van der Waals surface area (Å²) in [7, 11) is 0. The van der Waals surface area contributed by atoms with Gasteiger partial charge < -0.3 is 0 Å². The molecular formula is C7H7Zr. The molecule has 0 atom stereocenters. The molecule has 0 aliphatic carbocycles. The van der Waals surface area contributed by atoms with Crippen LogP contribution in [-0.2, 0) is 28.8 Å².